The monoisotopic (exact) mass is 170 g/mol. The van der Waals surface area contributed by atoms with Gasteiger partial charge in [0.2, 0.25) is 0 Å². The standard InChI is InChI=1S/C8H12S.C2H6/c1-8(2,3)7-4-5-9-6-7;1-2/h4-6H,1-3H3;1-2H3. The van der Waals surface area contributed by atoms with Crippen molar-refractivity contribution >= 4 is 11.3 Å². The van der Waals surface area contributed by atoms with E-state index in [1.807, 2.05) is 13.8 Å². The van der Waals surface area contributed by atoms with Crippen molar-refractivity contribution in [3.8, 4) is 0 Å². The molecule has 1 heterocycles. The van der Waals surface area contributed by atoms with Gasteiger partial charge in [0, 0.05) is 0 Å². The normalized spacial score (nSPS) is 10.3. The first-order chi connectivity index (χ1) is 5.11. The molecule has 0 aromatic carbocycles. The first kappa shape index (κ1) is 10.7. The lowest BCUT2D eigenvalue weighted by atomic mass is 9.90. The number of hydrogen-bond acceptors (Lipinski definition) is 1. The zero-order valence-electron chi connectivity index (χ0n) is 8.14. The Morgan fingerprint density at radius 3 is 1.91 bits per heavy atom. The van der Waals surface area contributed by atoms with Gasteiger partial charge in [0.15, 0.2) is 0 Å². The Kier molecular flexibility index (Phi) is 4.43. The fourth-order valence-corrected chi connectivity index (χ4v) is 1.57. The predicted octanol–water partition coefficient (Wildman–Crippen LogP) is 4.07. The third kappa shape index (κ3) is 3.57. The molecule has 1 aromatic rings. The van der Waals surface area contributed by atoms with Crippen LogP contribution in [0.3, 0.4) is 0 Å². The lowest BCUT2D eigenvalue weighted by molar-refractivity contribution is 0.593. The minimum absolute atomic E-state index is 0.333. The largest absolute Gasteiger partial charge is 0.152 e. The van der Waals surface area contributed by atoms with Crippen LogP contribution in [0.15, 0.2) is 16.8 Å². The Balaban J connectivity index is 0.000000461. The summed E-state index contributed by atoms with van der Waals surface area (Å²) in [5, 5.41) is 4.33. The van der Waals surface area contributed by atoms with Gasteiger partial charge in [-0.1, -0.05) is 34.6 Å². The lowest BCUT2D eigenvalue weighted by Crippen LogP contribution is -2.08. The van der Waals surface area contributed by atoms with Gasteiger partial charge in [-0.3, -0.25) is 0 Å². The highest BCUT2D eigenvalue weighted by atomic mass is 32.1. The van der Waals surface area contributed by atoms with Crippen molar-refractivity contribution in [1.29, 1.82) is 0 Å². The molecule has 0 fully saturated rings. The molecule has 0 bridgehead atoms. The fraction of sp³-hybridized carbons (Fsp3) is 0.600. The summed E-state index contributed by atoms with van der Waals surface area (Å²) in [5.41, 5.74) is 1.77. The second-order valence-corrected chi connectivity index (χ2v) is 4.04. The van der Waals surface area contributed by atoms with Crippen molar-refractivity contribution in [3.63, 3.8) is 0 Å². The summed E-state index contributed by atoms with van der Waals surface area (Å²) in [6, 6.07) is 2.19. The first-order valence-electron chi connectivity index (χ1n) is 4.13. The van der Waals surface area contributed by atoms with Crippen LogP contribution in [-0.4, -0.2) is 0 Å². The lowest BCUT2D eigenvalue weighted by Gasteiger charge is -2.15. The second kappa shape index (κ2) is 4.55. The van der Waals surface area contributed by atoms with Gasteiger partial charge in [-0.2, -0.15) is 11.3 Å². The minimum Gasteiger partial charge on any atom is -0.152 e. The van der Waals surface area contributed by atoms with E-state index in [0.717, 1.165) is 0 Å². The van der Waals surface area contributed by atoms with E-state index in [4.69, 9.17) is 0 Å². The molecule has 0 radical (unpaired) electrons. The Hall–Kier alpha value is -0.300. The van der Waals surface area contributed by atoms with Crippen LogP contribution in [0.2, 0.25) is 0 Å². The highest BCUT2D eigenvalue weighted by Gasteiger charge is 2.12. The van der Waals surface area contributed by atoms with E-state index in [1.165, 1.54) is 5.56 Å². The molecule has 0 saturated carbocycles. The third-order valence-electron chi connectivity index (χ3n) is 1.39. The molecule has 0 aliphatic carbocycles. The molecule has 0 N–H and O–H groups in total. The zero-order chi connectivity index (χ0) is 8.91. The predicted molar refractivity (Wildman–Crippen MR) is 54.4 cm³/mol. The molecule has 11 heavy (non-hydrogen) atoms. The molecule has 0 unspecified atom stereocenters. The van der Waals surface area contributed by atoms with Crippen LogP contribution in [0.1, 0.15) is 40.2 Å². The molecule has 1 rings (SSSR count). The Morgan fingerprint density at radius 1 is 1.18 bits per heavy atom. The van der Waals surface area contributed by atoms with E-state index in [-0.39, 0.29) is 0 Å². The average Bonchev–Trinajstić information content (AvgIpc) is 2.40. The topological polar surface area (TPSA) is 0 Å². The quantitative estimate of drug-likeness (QED) is 0.550. The van der Waals surface area contributed by atoms with Crippen LogP contribution in [0.25, 0.3) is 0 Å². The maximum Gasteiger partial charge on any atom is -0.00559 e. The molecule has 0 spiro atoms. The van der Waals surface area contributed by atoms with E-state index >= 15 is 0 Å². The maximum atomic E-state index is 2.23. The summed E-state index contributed by atoms with van der Waals surface area (Å²) in [6.07, 6.45) is 0. The van der Waals surface area contributed by atoms with Crippen LogP contribution in [0.4, 0.5) is 0 Å². The smallest absolute Gasteiger partial charge is 0.00559 e. The molecule has 0 atom stereocenters. The summed E-state index contributed by atoms with van der Waals surface area (Å²) in [7, 11) is 0. The van der Waals surface area contributed by atoms with E-state index in [0.29, 0.717) is 5.41 Å². The molecule has 64 valence electrons. The van der Waals surface area contributed by atoms with Gasteiger partial charge >= 0.3 is 0 Å². The van der Waals surface area contributed by atoms with E-state index in [2.05, 4.69) is 37.6 Å². The molecular formula is C10H18S. The minimum atomic E-state index is 0.333. The van der Waals surface area contributed by atoms with Gasteiger partial charge in [-0.05, 0) is 27.8 Å². The van der Waals surface area contributed by atoms with E-state index in [1.54, 1.807) is 11.3 Å². The highest BCUT2D eigenvalue weighted by Crippen LogP contribution is 2.23. The highest BCUT2D eigenvalue weighted by molar-refractivity contribution is 7.08. The van der Waals surface area contributed by atoms with E-state index < -0.39 is 0 Å². The average molecular weight is 170 g/mol. The first-order valence-corrected chi connectivity index (χ1v) is 5.07. The fourth-order valence-electron chi connectivity index (χ4n) is 0.691. The molecule has 1 aromatic heterocycles. The van der Waals surface area contributed by atoms with Crippen LogP contribution in [-0.2, 0) is 5.41 Å². The van der Waals surface area contributed by atoms with Crippen LogP contribution in [0.5, 0.6) is 0 Å². The molecular weight excluding hydrogens is 152 g/mol. The molecule has 0 saturated heterocycles. The maximum absolute atomic E-state index is 2.23. The summed E-state index contributed by atoms with van der Waals surface area (Å²) >= 11 is 1.77. The van der Waals surface area contributed by atoms with Crippen molar-refractivity contribution in [2.24, 2.45) is 0 Å². The Bertz CT molecular complexity index is 167. The van der Waals surface area contributed by atoms with Crippen LogP contribution >= 0.6 is 11.3 Å². The van der Waals surface area contributed by atoms with Crippen molar-refractivity contribution < 1.29 is 0 Å². The molecule has 0 amide bonds. The van der Waals surface area contributed by atoms with Crippen molar-refractivity contribution in [3.05, 3.63) is 22.4 Å². The van der Waals surface area contributed by atoms with Gasteiger partial charge in [0.1, 0.15) is 0 Å². The summed E-state index contributed by atoms with van der Waals surface area (Å²) in [4.78, 5) is 0. The summed E-state index contributed by atoms with van der Waals surface area (Å²) < 4.78 is 0. The van der Waals surface area contributed by atoms with E-state index in [9.17, 15) is 0 Å². The van der Waals surface area contributed by atoms with Crippen LogP contribution in [0, 0.1) is 0 Å². The van der Waals surface area contributed by atoms with Gasteiger partial charge in [-0.25, -0.2) is 0 Å². The molecule has 0 nitrogen and oxygen atoms in total. The van der Waals surface area contributed by atoms with Gasteiger partial charge in [0.05, 0.1) is 0 Å². The Morgan fingerprint density at radius 2 is 1.73 bits per heavy atom. The van der Waals surface area contributed by atoms with Gasteiger partial charge in [0.25, 0.3) is 0 Å². The second-order valence-electron chi connectivity index (χ2n) is 3.26. The molecule has 1 heteroatoms. The summed E-state index contributed by atoms with van der Waals surface area (Å²) in [5.74, 6) is 0. The van der Waals surface area contributed by atoms with Crippen molar-refractivity contribution in [1.82, 2.24) is 0 Å². The number of thiophene rings is 1. The Labute approximate surface area is 74.3 Å². The zero-order valence-corrected chi connectivity index (χ0v) is 8.96. The van der Waals surface area contributed by atoms with Crippen molar-refractivity contribution in [2.75, 3.05) is 0 Å². The molecule has 0 aliphatic heterocycles. The molecule has 0 aliphatic rings. The number of hydrogen-bond donors (Lipinski definition) is 0. The SMILES string of the molecule is CC.CC(C)(C)c1ccsc1. The van der Waals surface area contributed by atoms with Crippen LogP contribution < -0.4 is 0 Å². The van der Waals surface area contributed by atoms with Gasteiger partial charge in [-0.15, -0.1) is 0 Å². The van der Waals surface area contributed by atoms with Gasteiger partial charge < -0.3 is 0 Å². The summed E-state index contributed by atoms with van der Waals surface area (Å²) in [6.45, 7) is 10.7. The third-order valence-corrected chi connectivity index (χ3v) is 2.07. The number of rotatable bonds is 0. The van der Waals surface area contributed by atoms with Crippen molar-refractivity contribution in [2.45, 2.75) is 40.0 Å².